The molecule has 0 aromatic rings. The molecule has 12 nitrogen and oxygen atoms in total. The highest BCUT2D eigenvalue weighted by molar-refractivity contribution is 5.80. The first-order valence-corrected chi connectivity index (χ1v) is 12.9. The molecule has 0 aliphatic rings. The van der Waals surface area contributed by atoms with E-state index in [9.17, 15) is 19.2 Å². The number of carbonyl (C=O) groups excluding carboxylic acids is 4. The summed E-state index contributed by atoms with van der Waals surface area (Å²) in [5.74, 6) is -2.02. The van der Waals surface area contributed by atoms with Gasteiger partial charge in [-0.1, -0.05) is 27.7 Å². The van der Waals surface area contributed by atoms with Gasteiger partial charge in [0.2, 0.25) is 5.91 Å². The summed E-state index contributed by atoms with van der Waals surface area (Å²) in [5, 5.41) is 2.79. The summed E-state index contributed by atoms with van der Waals surface area (Å²) < 4.78 is 25.6. The van der Waals surface area contributed by atoms with E-state index in [-0.39, 0.29) is 36.4 Å². The number of ether oxygens (including phenoxy) is 5. The molecule has 0 saturated carbocycles. The van der Waals surface area contributed by atoms with Crippen LogP contribution < -0.4 is 11.1 Å². The van der Waals surface area contributed by atoms with Crippen molar-refractivity contribution < 1.29 is 42.9 Å². The molecule has 2 atom stereocenters. The van der Waals surface area contributed by atoms with Gasteiger partial charge in [0.25, 0.3) is 0 Å². The van der Waals surface area contributed by atoms with Gasteiger partial charge in [-0.25, -0.2) is 0 Å². The molecule has 0 bridgehead atoms. The van der Waals surface area contributed by atoms with Crippen LogP contribution in [-0.2, 0) is 42.9 Å². The van der Waals surface area contributed by atoms with E-state index in [2.05, 4.69) is 28.6 Å². The Balaban J connectivity index is 4.50. The van der Waals surface area contributed by atoms with E-state index in [1.807, 2.05) is 13.8 Å². The number of hydrogen-bond donors (Lipinski definition) is 2. The molecule has 0 aliphatic heterocycles. The van der Waals surface area contributed by atoms with Gasteiger partial charge in [0.1, 0.15) is 12.6 Å². The van der Waals surface area contributed by atoms with Crippen LogP contribution in [0.4, 0.5) is 0 Å². The Morgan fingerprint density at radius 1 is 0.868 bits per heavy atom. The number of methoxy groups -OCH3 is 3. The Hall–Kier alpha value is -2.28. The smallest absolute Gasteiger partial charge is 0.323 e. The number of nitrogens with zero attached hydrogens (tertiary/aromatic N) is 1. The minimum Gasteiger partial charge on any atom is -0.468 e. The fourth-order valence-electron chi connectivity index (χ4n) is 3.40. The van der Waals surface area contributed by atoms with Crippen molar-refractivity contribution >= 4 is 23.8 Å². The van der Waals surface area contributed by atoms with Crippen molar-refractivity contribution in [1.82, 2.24) is 10.2 Å². The molecule has 0 fully saturated rings. The lowest BCUT2D eigenvalue weighted by atomic mass is 9.88. The highest BCUT2D eigenvalue weighted by atomic mass is 16.5. The van der Waals surface area contributed by atoms with Crippen molar-refractivity contribution in [2.45, 2.75) is 59.4 Å². The Morgan fingerprint density at radius 2 is 1.45 bits per heavy atom. The maximum absolute atomic E-state index is 12.3. The molecular weight excluding hydrogens is 498 g/mol. The Labute approximate surface area is 227 Å². The van der Waals surface area contributed by atoms with Gasteiger partial charge in [-0.2, -0.15) is 0 Å². The van der Waals surface area contributed by atoms with E-state index in [0.29, 0.717) is 52.2 Å². The highest BCUT2D eigenvalue weighted by Gasteiger charge is 2.30. The molecule has 0 rings (SSSR count). The van der Waals surface area contributed by atoms with Gasteiger partial charge in [-0.15, -0.1) is 0 Å². The lowest BCUT2D eigenvalue weighted by Gasteiger charge is -2.30. The van der Waals surface area contributed by atoms with E-state index in [1.165, 1.54) is 26.2 Å². The summed E-state index contributed by atoms with van der Waals surface area (Å²) in [6.07, 6.45) is 2.34. The summed E-state index contributed by atoms with van der Waals surface area (Å²) in [7, 11) is 3.68. The van der Waals surface area contributed by atoms with E-state index in [0.717, 1.165) is 6.42 Å². The van der Waals surface area contributed by atoms with Crippen molar-refractivity contribution in [1.29, 1.82) is 0 Å². The Bertz CT molecular complexity index is 709. The maximum atomic E-state index is 12.3. The molecule has 38 heavy (non-hydrogen) atoms. The molecular formula is C26H49N3O9. The van der Waals surface area contributed by atoms with Crippen LogP contribution in [0.15, 0.2) is 0 Å². The zero-order chi connectivity index (χ0) is 29.2. The fraction of sp³-hybridized carbons (Fsp3) is 0.846. The summed E-state index contributed by atoms with van der Waals surface area (Å²) in [5.41, 5.74) is 5.52. The first-order chi connectivity index (χ1) is 17.9. The fourth-order valence-corrected chi connectivity index (χ4v) is 3.40. The van der Waals surface area contributed by atoms with Gasteiger partial charge in [0.15, 0.2) is 0 Å². The molecule has 222 valence electrons. The van der Waals surface area contributed by atoms with Gasteiger partial charge in [0, 0.05) is 17.4 Å². The Morgan fingerprint density at radius 3 is 1.95 bits per heavy atom. The average molecular weight is 548 g/mol. The third-order valence-corrected chi connectivity index (χ3v) is 6.28. The standard InChI is InChI=1S/C26H49N3O9/c1-8-26(4,16-27)19-38-18-25(2,3)17-37-15-21(30)28-12-10-9-11-20(24(33)36-7)29(13-22(31)34-5)14-23(32)35-6/h20H,8-19,27H2,1-7H3,(H,28,30)/t20-,26?/m0/s1. The number of unbranched alkanes of at least 4 members (excludes halogenated alkanes) is 1. The van der Waals surface area contributed by atoms with Gasteiger partial charge in [0.05, 0.1) is 54.2 Å². The summed E-state index contributed by atoms with van der Waals surface area (Å²) in [6, 6.07) is -0.846. The summed E-state index contributed by atoms with van der Waals surface area (Å²) in [6.45, 7) is 9.96. The second-order valence-corrected chi connectivity index (χ2v) is 10.5. The maximum Gasteiger partial charge on any atom is 0.323 e. The van der Waals surface area contributed by atoms with Crippen LogP contribution in [0.3, 0.4) is 0 Å². The zero-order valence-corrected chi connectivity index (χ0v) is 24.3. The average Bonchev–Trinajstić information content (AvgIpc) is 2.89. The molecule has 12 heteroatoms. The van der Waals surface area contributed by atoms with Crippen molar-refractivity contribution in [2.24, 2.45) is 16.6 Å². The van der Waals surface area contributed by atoms with Crippen molar-refractivity contribution in [3.05, 3.63) is 0 Å². The van der Waals surface area contributed by atoms with Crippen LogP contribution in [0, 0.1) is 10.8 Å². The van der Waals surface area contributed by atoms with Crippen LogP contribution in [0.1, 0.15) is 53.4 Å². The molecule has 0 aromatic heterocycles. The zero-order valence-electron chi connectivity index (χ0n) is 24.3. The summed E-state index contributed by atoms with van der Waals surface area (Å²) >= 11 is 0. The number of amides is 1. The molecule has 3 N–H and O–H groups in total. The van der Waals surface area contributed by atoms with Gasteiger partial charge < -0.3 is 34.7 Å². The van der Waals surface area contributed by atoms with Crippen LogP contribution >= 0.6 is 0 Å². The molecule has 0 aliphatic carbocycles. The van der Waals surface area contributed by atoms with Gasteiger partial charge in [-0.05, 0) is 32.2 Å². The van der Waals surface area contributed by atoms with E-state index < -0.39 is 23.9 Å². The van der Waals surface area contributed by atoms with Crippen LogP contribution in [0.25, 0.3) is 0 Å². The monoisotopic (exact) mass is 547 g/mol. The molecule has 0 saturated heterocycles. The predicted octanol–water partition coefficient (Wildman–Crippen LogP) is 0.897. The van der Waals surface area contributed by atoms with E-state index in [4.69, 9.17) is 19.9 Å². The van der Waals surface area contributed by atoms with Crippen LogP contribution in [0.5, 0.6) is 0 Å². The highest BCUT2D eigenvalue weighted by Crippen LogP contribution is 2.22. The normalized spacial score (nSPS) is 13.9. The lowest BCUT2D eigenvalue weighted by molar-refractivity contribution is -0.153. The second kappa shape index (κ2) is 18.9. The number of nitrogens with one attached hydrogen (secondary N) is 1. The van der Waals surface area contributed by atoms with E-state index >= 15 is 0 Å². The second-order valence-electron chi connectivity index (χ2n) is 10.5. The minimum atomic E-state index is -0.846. The van der Waals surface area contributed by atoms with E-state index in [1.54, 1.807) is 0 Å². The number of nitrogens with two attached hydrogens (primary N) is 1. The van der Waals surface area contributed by atoms with Gasteiger partial charge in [-0.3, -0.25) is 24.1 Å². The SMILES string of the molecule is CCC(C)(CN)COCC(C)(C)COCC(=O)NCCCC[C@@H](C(=O)OC)N(CC(=O)OC)CC(=O)OC. The summed E-state index contributed by atoms with van der Waals surface area (Å²) in [4.78, 5) is 49.4. The number of rotatable bonds is 21. The largest absolute Gasteiger partial charge is 0.468 e. The molecule has 0 heterocycles. The van der Waals surface area contributed by atoms with Gasteiger partial charge >= 0.3 is 17.9 Å². The molecule has 0 aromatic carbocycles. The minimum absolute atomic E-state index is 0.0469. The number of esters is 3. The van der Waals surface area contributed by atoms with Crippen LogP contribution in [-0.4, -0.2) is 109 Å². The third-order valence-electron chi connectivity index (χ3n) is 6.28. The van der Waals surface area contributed by atoms with Crippen molar-refractivity contribution in [3.8, 4) is 0 Å². The number of hydrogen-bond acceptors (Lipinski definition) is 11. The molecule has 0 spiro atoms. The topological polar surface area (TPSA) is 156 Å². The number of carbonyl (C=O) groups is 4. The predicted molar refractivity (Wildman–Crippen MR) is 141 cm³/mol. The lowest BCUT2D eigenvalue weighted by Crippen LogP contribution is -2.47. The van der Waals surface area contributed by atoms with Crippen LogP contribution in [0.2, 0.25) is 0 Å². The first kappa shape index (κ1) is 35.7. The molecule has 1 unspecified atom stereocenters. The van der Waals surface area contributed by atoms with Crippen molar-refractivity contribution in [3.63, 3.8) is 0 Å². The molecule has 0 radical (unpaired) electrons. The Kier molecular flexibility index (Phi) is 17.8. The first-order valence-electron chi connectivity index (χ1n) is 12.9. The molecule has 1 amide bonds. The quantitative estimate of drug-likeness (QED) is 0.120. The third kappa shape index (κ3) is 15.2. The van der Waals surface area contributed by atoms with Crippen molar-refractivity contribution in [2.75, 3.05) is 73.9 Å².